The van der Waals surface area contributed by atoms with Crippen LogP contribution in [0, 0.1) is 0 Å². The van der Waals surface area contributed by atoms with Crippen molar-refractivity contribution in [2.24, 2.45) is 0 Å². The number of halogens is 4. The van der Waals surface area contributed by atoms with E-state index in [2.05, 4.69) is 88.2 Å². The lowest BCUT2D eigenvalue weighted by atomic mass is 9.78. The van der Waals surface area contributed by atoms with Crippen LogP contribution >= 0.6 is 63.7 Å². The second kappa shape index (κ2) is 18.2. The molecule has 0 atom stereocenters. The molecule has 0 aliphatic heterocycles. The summed E-state index contributed by atoms with van der Waals surface area (Å²) in [4.78, 5) is 50.4. The number of ketones is 1. The number of hydrogen-bond donors (Lipinski definition) is 2. The lowest BCUT2D eigenvalue weighted by Crippen LogP contribution is -2.19. The molecule has 0 aromatic heterocycles. The third-order valence-corrected chi connectivity index (χ3v) is 11.6. The van der Waals surface area contributed by atoms with Crippen LogP contribution in [0.4, 0.5) is 11.4 Å². The number of carbonyl (C=O) groups excluding carboxylic acids is 4. The largest absolute Gasteiger partial charge is 0.494 e. The third-order valence-electron chi connectivity index (χ3n) is 9.24. The van der Waals surface area contributed by atoms with Crippen molar-refractivity contribution >= 4 is 98.7 Å². The Hall–Kier alpha value is -5.08. The number of ether oxygens (including phenoxy) is 3. The van der Waals surface area contributed by atoms with E-state index in [9.17, 15) is 19.2 Å². The number of esters is 1. The molecule has 13 heteroatoms. The number of hydrogen-bond acceptors (Lipinski definition) is 7. The lowest BCUT2D eigenvalue weighted by molar-refractivity contribution is 0.0731. The molecule has 0 spiro atoms. The highest BCUT2D eigenvalue weighted by atomic mass is 79.9. The Morgan fingerprint density at radius 3 is 1.26 bits per heavy atom. The molecule has 58 heavy (non-hydrogen) atoms. The van der Waals surface area contributed by atoms with Crippen molar-refractivity contribution in [1.29, 1.82) is 0 Å². The van der Waals surface area contributed by atoms with Gasteiger partial charge in [0, 0.05) is 33.5 Å². The SMILES string of the molecule is COc1c(Br)cc(C(C)(C)c2cc(Br)c(OC(=O)c3ccc(C(=O)Nc4ccc(Oc5ccc(NC(=O)c6ccc(C(C)=O)cc6)cc5)cc4)cc3)c(Br)c2)cc1Br. The molecule has 2 N–H and O–H groups in total. The highest BCUT2D eigenvalue weighted by Crippen LogP contribution is 2.44. The molecule has 0 saturated carbocycles. The Morgan fingerprint density at radius 2 is 0.879 bits per heavy atom. The maximum absolute atomic E-state index is 13.2. The second-order valence-corrected chi connectivity index (χ2v) is 16.9. The highest BCUT2D eigenvalue weighted by Gasteiger charge is 2.28. The zero-order valence-corrected chi connectivity index (χ0v) is 37.8. The van der Waals surface area contributed by atoms with Crippen molar-refractivity contribution in [3.05, 3.63) is 173 Å². The van der Waals surface area contributed by atoms with Crippen LogP contribution in [-0.2, 0) is 5.41 Å². The fraction of sp³-hybridized carbons (Fsp3) is 0.111. The first-order valence-electron chi connectivity index (χ1n) is 17.6. The first-order valence-corrected chi connectivity index (χ1v) is 20.8. The van der Waals surface area contributed by atoms with E-state index in [1.54, 1.807) is 92.0 Å². The molecule has 9 nitrogen and oxygen atoms in total. The quantitative estimate of drug-likeness (QED) is 0.0711. The minimum Gasteiger partial charge on any atom is -0.494 e. The van der Waals surface area contributed by atoms with Gasteiger partial charge in [-0.05, 0) is 191 Å². The summed E-state index contributed by atoms with van der Waals surface area (Å²) in [7, 11) is 1.62. The maximum Gasteiger partial charge on any atom is 0.343 e. The normalized spacial score (nSPS) is 11.0. The molecular formula is C45H34Br4N2O7. The molecule has 0 radical (unpaired) electrons. The number of amides is 2. The molecule has 6 rings (SSSR count). The topological polar surface area (TPSA) is 120 Å². The van der Waals surface area contributed by atoms with Crippen molar-refractivity contribution in [1.82, 2.24) is 0 Å². The maximum atomic E-state index is 13.2. The molecule has 0 bridgehead atoms. The van der Waals surface area contributed by atoms with Crippen LogP contribution in [0.2, 0.25) is 0 Å². The number of nitrogens with one attached hydrogen (secondary N) is 2. The number of methoxy groups -OCH3 is 1. The second-order valence-electron chi connectivity index (χ2n) is 13.5. The summed E-state index contributed by atoms with van der Waals surface area (Å²) >= 11 is 14.4. The number of Topliss-reactive ketones (excluding diaryl/α,β-unsaturated/α-hetero) is 1. The minimum absolute atomic E-state index is 0.0675. The van der Waals surface area contributed by atoms with Crippen LogP contribution in [0.15, 0.2) is 139 Å². The van der Waals surface area contributed by atoms with Gasteiger partial charge in [-0.3, -0.25) is 14.4 Å². The van der Waals surface area contributed by atoms with Gasteiger partial charge in [0.1, 0.15) is 17.2 Å². The van der Waals surface area contributed by atoms with Crippen LogP contribution in [0.1, 0.15) is 73.3 Å². The zero-order valence-electron chi connectivity index (χ0n) is 31.4. The first kappa shape index (κ1) is 42.5. The van der Waals surface area contributed by atoms with Crippen molar-refractivity contribution in [3.63, 3.8) is 0 Å². The van der Waals surface area contributed by atoms with Crippen molar-refractivity contribution < 1.29 is 33.4 Å². The Morgan fingerprint density at radius 1 is 0.517 bits per heavy atom. The Labute approximate surface area is 369 Å². The summed E-state index contributed by atoms with van der Waals surface area (Å²) < 4.78 is 20.0. The summed E-state index contributed by atoms with van der Waals surface area (Å²) in [5.41, 5.74) is 4.29. The molecule has 0 aliphatic rings. The molecule has 0 fully saturated rings. The molecule has 0 heterocycles. The number of benzene rings is 6. The van der Waals surface area contributed by atoms with Crippen LogP contribution in [0.25, 0.3) is 0 Å². The lowest BCUT2D eigenvalue weighted by Gasteiger charge is -2.28. The van der Waals surface area contributed by atoms with Gasteiger partial charge in [0.2, 0.25) is 0 Å². The predicted octanol–water partition coefficient (Wildman–Crippen LogP) is 12.8. The van der Waals surface area contributed by atoms with Gasteiger partial charge in [0.25, 0.3) is 11.8 Å². The van der Waals surface area contributed by atoms with Gasteiger partial charge in [-0.2, -0.15) is 0 Å². The van der Waals surface area contributed by atoms with Crippen molar-refractivity contribution in [3.8, 4) is 23.0 Å². The van der Waals surface area contributed by atoms with Crippen LogP contribution in [0.3, 0.4) is 0 Å². The molecular weight excluding hydrogens is 1000 g/mol. The van der Waals surface area contributed by atoms with E-state index in [-0.39, 0.29) is 23.2 Å². The van der Waals surface area contributed by atoms with Gasteiger partial charge in [0.05, 0.1) is 30.6 Å². The van der Waals surface area contributed by atoms with E-state index in [1.807, 2.05) is 24.3 Å². The minimum atomic E-state index is -0.587. The van der Waals surface area contributed by atoms with E-state index in [1.165, 1.54) is 19.1 Å². The van der Waals surface area contributed by atoms with E-state index < -0.39 is 11.4 Å². The molecule has 0 saturated heterocycles. The van der Waals surface area contributed by atoms with Gasteiger partial charge >= 0.3 is 5.97 Å². The Bertz CT molecular complexity index is 2480. The first-order chi connectivity index (χ1) is 27.6. The van der Waals surface area contributed by atoms with E-state index in [4.69, 9.17) is 14.2 Å². The molecule has 6 aromatic carbocycles. The summed E-state index contributed by atoms with van der Waals surface area (Å²) in [5.74, 6) is 0.807. The van der Waals surface area contributed by atoms with E-state index >= 15 is 0 Å². The van der Waals surface area contributed by atoms with Crippen LogP contribution < -0.4 is 24.8 Å². The molecule has 294 valence electrons. The van der Waals surface area contributed by atoms with Crippen LogP contribution in [0.5, 0.6) is 23.0 Å². The molecule has 2 amide bonds. The van der Waals surface area contributed by atoms with Crippen molar-refractivity contribution in [2.75, 3.05) is 17.7 Å². The summed E-state index contributed by atoms with van der Waals surface area (Å²) in [6, 6.07) is 34.3. The molecule has 0 aliphatic carbocycles. The van der Waals surface area contributed by atoms with Gasteiger partial charge in [-0.1, -0.05) is 26.0 Å². The van der Waals surface area contributed by atoms with E-state index in [0.717, 1.165) is 20.1 Å². The van der Waals surface area contributed by atoms with E-state index in [0.29, 0.717) is 60.0 Å². The monoisotopic (exact) mass is 1030 g/mol. The van der Waals surface area contributed by atoms with Gasteiger partial charge in [-0.15, -0.1) is 0 Å². The average molecular weight is 1030 g/mol. The van der Waals surface area contributed by atoms with Gasteiger partial charge in [0.15, 0.2) is 11.5 Å². The smallest absolute Gasteiger partial charge is 0.343 e. The Balaban J connectivity index is 1.02. The summed E-state index contributed by atoms with van der Waals surface area (Å²) in [6.07, 6.45) is 0. The summed E-state index contributed by atoms with van der Waals surface area (Å²) in [5, 5.41) is 5.67. The number of carbonyl (C=O) groups is 4. The molecule has 6 aromatic rings. The average Bonchev–Trinajstić information content (AvgIpc) is 3.20. The number of rotatable bonds is 12. The van der Waals surface area contributed by atoms with Crippen LogP contribution in [-0.4, -0.2) is 30.7 Å². The summed E-state index contributed by atoms with van der Waals surface area (Å²) in [6.45, 7) is 5.67. The Kier molecular flexibility index (Phi) is 13.4. The fourth-order valence-electron chi connectivity index (χ4n) is 5.82. The third kappa shape index (κ3) is 9.95. The van der Waals surface area contributed by atoms with Gasteiger partial charge in [-0.25, -0.2) is 4.79 Å². The standard InChI is InChI=1S/C45H34Br4N2O7/c1-25(52)26-5-7-27(8-6-26)42(53)50-32-13-17-34(18-14-32)57-35-19-15-33(16-20-35)51-43(54)28-9-11-29(12-10-28)44(55)58-41-38(48)23-31(24-39(41)49)45(2,3)30-21-36(46)40(56-4)37(47)22-30/h5-24H,1-4H3,(H,50,53)(H,51,54). The molecule has 0 unspecified atom stereocenters. The highest BCUT2D eigenvalue weighted by molar-refractivity contribution is 9.11. The number of anilines is 2. The zero-order chi connectivity index (χ0) is 41.7. The predicted molar refractivity (Wildman–Crippen MR) is 239 cm³/mol. The van der Waals surface area contributed by atoms with Crippen molar-refractivity contribution in [2.45, 2.75) is 26.2 Å². The fourth-order valence-corrected chi connectivity index (χ4v) is 8.68. The van der Waals surface area contributed by atoms with Gasteiger partial charge < -0.3 is 24.8 Å².